The Morgan fingerprint density at radius 3 is 2.67 bits per heavy atom. The Kier molecular flexibility index (Phi) is 5.61. The zero-order chi connectivity index (χ0) is 21.1. The average molecular weight is 404 g/mol. The van der Waals surface area contributed by atoms with Gasteiger partial charge in [0.15, 0.2) is 0 Å². The minimum Gasteiger partial charge on any atom is -0.465 e. The molecule has 1 N–H and O–H groups in total. The first-order valence-electron chi connectivity index (χ1n) is 10.0. The van der Waals surface area contributed by atoms with Gasteiger partial charge in [-0.3, -0.25) is 4.79 Å². The van der Waals surface area contributed by atoms with E-state index in [2.05, 4.69) is 10.3 Å². The molecular formula is C23H24N4O3. The molecule has 7 nitrogen and oxygen atoms in total. The molecular weight excluding hydrogens is 380 g/mol. The normalized spacial score (nSPS) is 15.9. The second-order valence-electron chi connectivity index (χ2n) is 7.38. The molecule has 1 unspecified atom stereocenters. The molecule has 1 atom stereocenters. The summed E-state index contributed by atoms with van der Waals surface area (Å²) in [6, 6.07) is 14.6. The van der Waals surface area contributed by atoms with E-state index in [0.717, 1.165) is 41.5 Å². The number of methoxy groups -OCH3 is 1. The minimum atomic E-state index is -0.377. The highest BCUT2D eigenvalue weighted by Gasteiger charge is 2.32. The topological polar surface area (TPSA) is 84.4 Å². The number of benzene rings is 2. The van der Waals surface area contributed by atoms with Gasteiger partial charge < -0.3 is 15.0 Å². The lowest BCUT2D eigenvalue weighted by molar-refractivity contribution is -0.122. The molecule has 154 valence electrons. The smallest absolute Gasteiger partial charge is 0.337 e. The van der Waals surface area contributed by atoms with Crippen LogP contribution in [-0.4, -0.2) is 41.5 Å². The van der Waals surface area contributed by atoms with Crippen molar-refractivity contribution in [3.05, 3.63) is 65.4 Å². The Hall–Kier alpha value is -3.48. The van der Waals surface area contributed by atoms with Crippen LogP contribution in [0, 0.1) is 6.92 Å². The predicted molar refractivity (Wildman–Crippen MR) is 114 cm³/mol. The van der Waals surface area contributed by atoms with Crippen LogP contribution >= 0.6 is 0 Å². The van der Waals surface area contributed by atoms with Crippen molar-refractivity contribution in [1.29, 1.82) is 0 Å². The van der Waals surface area contributed by atoms with Crippen LogP contribution in [0.5, 0.6) is 0 Å². The van der Waals surface area contributed by atoms with E-state index in [-0.39, 0.29) is 17.9 Å². The largest absolute Gasteiger partial charge is 0.465 e. The monoisotopic (exact) mass is 404 g/mol. The van der Waals surface area contributed by atoms with Crippen LogP contribution in [0.2, 0.25) is 0 Å². The summed E-state index contributed by atoms with van der Waals surface area (Å²) in [5.74, 6) is 0.183. The van der Waals surface area contributed by atoms with Crippen molar-refractivity contribution in [3.8, 4) is 0 Å². The first kappa shape index (κ1) is 19.8. The molecule has 0 bridgehead atoms. The van der Waals surface area contributed by atoms with E-state index in [1.54, 1.807) is 12.1 Å². The number of carbonyl (C=O) groups excluding carboxylic acids is 2. The Morgan fingerprint density at radius 2 is 1.90 bits per heavy atom. The number of hydrogen-bond acceptors (Lipinski definition) is 6. The van der Waals surface area contributed by atoms with Crippen LogP contribution in [0.4, 0.5) is 5.95 Å². The summed E-state index contributed by atoms with van der Waals surface area (Å²) in [4.78, 5) is 35.8. The van der Waals surface area contributed by atoms with Crippen molar-refractivity contribution in [2.24, 2.45) is 0 Å². The number of esters is 1. The quantitative estimate of drug-likeness (QED) is 0.658. The third-order valence-electron chi connectivity index (χ3n) is 5.44. The van der Waals surface area contributed by atoms with Gasteiger partial charge in [0.2, 0.25) is 11.9 Å². The standard InChI is InChI=1S/C23H24N4O3/c1-15-18-6-3-4-7-19(18)26-23(25-15)27-13-5-8-20(27)21(28)24-14-16-9-11-17(12-10-16)22(29)30-2/h3-4,6-7,9-12,20H,5,8,13-14H2,1-2H3,(H,24,28). The second kappa shape index (κ2) is 8.49. The molecule has 0 radical (unpaired) electrons. The van der Waals surface area contributed by atoms with Gasteiger partial charge in [0.1, 0.15) is 6.04 Å². The summed E-state index contributed by atoms with van der Waals surface area (Å²) in [5, 5.41) is 4.03. The minimum absolute atomic E-state index is 0.0426. The fourth-order valence-electron chi connectivity index (χ4n) is 3.81. The molecule has 1 aromatic heterocycles. The van der Waals surface area contributed by atoms with Crippen LogP contribution < -0.4 is 10.2 Å². The first-order valence-corrected chi connectivity index (χ1v) is 10.0. The summed E-state index contributed by atoms with van der Waals surface area (Å²) in [5.41, 5.74) is 3.20. The fourth-order valence-corrected chi connectivity index (χ4v) is 3.81. The van der Waals surface area contributed by atoms with Crippen LogP contribution in [-0.2, 0) is 16.1 Å². The van der Waals surface area contributed by atoms with Gasteiger partial charge in [-0.05, 0) is 43.5 Å². The molecule has 0 aliphatic carbocycles. The maximum Gasteiger partial charge on any atom is 0.337 e. The molecule has 4 rings (SSSR count). The van der Waals surface area contributed by atoms with Crippen molar-refractivity contribution >= 4 is 28.7 Å². The molecule has 2 aromatic carbocycles. The van der Waals surface area contributed by atoms with Gasteiger partial charge >= 0.3 is 5.97 Å². The van der Waals surface area contributed by atoms with Gasteiger partial charge in [-0.1, -0.05) is 30.3 Å². The van der Waals surface area contributed by atoms with Gasteiger partial charge in [-0.15, -0.1) is 0 Å². The van der Waals surface area contributed by atoms with E-state index in [0.29, 0.717) is 18.1 Å². The number of anilines is 1. The van der Waals surface area contributed by atoms with Crippen LogP contribution in [0.25, 0.3) is 10.9 Å². The summed E-state index contributed by atoms with van der Waals surface area (Å²) in [7, 11) is 1.35. The summed E-state index contributed by atoms with van der Waals surface area (Å²) in [6.07, 6.45) is 1.68. The Labute approximate surface area is 175 Å². The summed E-state index contributed by atoms with van der Waals surface area (Å²) >= 11 is 0. The Bertz CT molecular complexity index is 1080. The van der Waals surface area contributed by atoms with Gasteiger partial charge in [0.25, 0.3) is 0 Å². The van der Waals surface area contributed by atoms with Gasteiger partial charge in [0, 0.05) is 18.5 Å². The number of amides is 1. The zero-order valence-electron chi connectivity index (χ0n) is 17.1. The van der Waals surface area contributed by atoms with Gasteiger partial charge in [0.05, 0.1) is 23.9 Å². The molecule has 30 heavy (non-hydrogen) atoms. The number of carbonyl (C=O) groups is 2. The van der Waals surface area contributed by atoms with Crippen LogP contribution in [0.1, 0.15) is 34.5 Å². The SMILES string of the molecule is COC(=O)c1ccc(CNC(=O)C2CCCN2c2nc(C)c3ccccc3n2)cc1. The third kappa shape index (κ3) is 3.96. The van der Waals surface area contributed by atoms with Gasteiger partial charge in [-0.2, -0.15) is 0 Å². The van der Waals surface area contributed by atoms with Crippen molar-refractivity contribution in [1.82, 2.24) is 15.3 Å². The molecule has 1 amide bonds. The van der Waals surface area contributed by atoms with E-state index in [1.165, 1.54) is 7.11 Å². The zero-order valence-corrected chi connectivity index (χ0v) is 17.1. The number of nitrogens with zero attached hydrogens (tertiary/aromatic N) is 3. The number of hydrogen-bond donors (Lipinski definition) is 1. The summed E-state index contributed by atoms with van der Waals surface area (Å²) < 4.78 is 4.70. The molecule has 1 saturated heterocycles. The number of rotatable bonds is 5. The molecule has 0 saturated carbocycles. The highest BCUT2D eigenvalue weighted by atomic mass is 16.5. The fraction of sp³-hybridized carbons (Fsp3) is 0.304. The number of aryl methyl sites for hydroxylation is 1. The van der Waals surface area contributed by atoms with Gasteiger partial charge in [-0.25, -0.2) is 14.8 Å². The Morgan fingerprint density at radius 1 is 1.13 bits per heavy atom. The molecule has 7 heteroatoms. The lowest BCUT2D eigenvalue weighted by Crippen LogP contribution is -2.43. The maximum atomic E-state index is 12.9. The lowest BCUT2D eigenvalue weighted by Gasteiger charge is -2.24. The first-order chi connectivity index (χ1) is 14.6. The number of fused-ring (bicyclic) bond motifs is 1. The van der Waals surface area contributed by atoms with Crippen molar-refractivity contribution < 1.29 is 14.3 Å². The lowest BCUT2D eigenvalue weighted by atomic mass is 10.1. The molecule has 3 aromatic rings. The van der Waals surface area contributed by atoms with Crippen molar-refractivity contribution in [3.63, 3.8) is 0 Å². The summed E-state index contributed by atoms with van der Waals surface area (Å²) in [6.45, 7) is 3.11. The van der Waals surface area contributed by atoms with E-state index >= 15 is 0 Å². The van der Waals surface area contributed by atoms with Crippen LogP contribution in [0.3, 0.4) is 0 Å². The van der Waals surface area contributed by atoms with E-state index < -0.39 is 0 Å². The van der Waals surface area contributed by atoms with E-state index in [4.69, 9.17) is 9.72 Å². The number of ether oxygens (including phenoxy) is 1. The maximum absolute atomic E-state index is 12.9. The Balaban J connectivity index is 1.46. The molecule has 0 spiro atoms. The second-order valence-corrected chi connectivity index (χ2v) is 7.38. The number of nitrogens with one attached hydrogen (secondary N) is 1. The van der Waals surface area contributed by atoms with E-state index in [1.807, 2.05) is 48.2 Å². The molecule has 2 heterocycles. The van der Waals surface area contributed by atoms with Crippen molar-refractivity contribution in [2.75, 3.05) is 18.6 Å². The molecule has 1 aliphatic rings. The predicted octanol–water partition coefficient (Wildman–Crippen LogP) is 3.01. The number of para-hydroxylation sites is 1. The number of aromatic nitrogens is 2. The third-order valence-corrected chi connectivity index (χ3v) is 5.44. The average Bonchev–Trinajstić information content (AvgIpc) is 3.27. The molecule has 1 fully saturated rings. The van der Waals surface area contributed by atoms with E-state index in [9.17, 15) is 9.59 Å². The molecule has 1 aliphatic heterocycles. The van der Waals surface area contributed by atoms with Crippen LogP contribution in [0.15, 0.2) is 48.5 Å². The highest BCUT2D eigenvalue weighted by Crippen LogP contribution is 2.25. The van der Waals surface area contributed by atoms with Crippen molar-refractivity contribution in [2.45, 2.75) is 32.4 Å². The highest BCUT2D eigenvalue weighted by molar-refractivity contribution is 5.89.